The Kier molecular flexibility index (Phi) is 14.6. The van der Waals surface area contributed by atoms with Crippen LogP contribution in [-0.2, 0) is 33.2 Å². The van der Waals surface area contributed by atoms with Crippen molar-refractivity contribution in [1.29, 1.82) is 0 Å². The smallest absolute Gasteiger partial charge is 0.338 e. The maximum absolute atomic E-state index is 13.9. The lowest BCUT2D eigenvalue weighted by Crippen LogP contribution is -2.64. The summed E-state index contributed by atoms with van der Waals surface area (Å²) >= 11 is 1.11. The first-order valence-electron chi connectivity index (χ1n) is 19.3. The standard InChI is InChI=1S/C46H42O14S/c47-35-33(57-46(37(49)36(35)48)61-32-24-14-5-15-25-32)26-55-45-40(60-44(53)31-22-12-4-13-23-31)39(59-43(52)30-20-10-3-11-21-30)38(58-42(51)29-18-8-2-9-19-29)34(56-45)27-54-41(50)28-16-6-1-7-17-28/h1-25,33-40,45-49H,26-27H2/t33-,34-,35-,36+,37+,38-,39+,40+,45+,46-/m1/s1. The number of rotatable bonds is 14. The minimum atomic E-state index is -1.69. The molecule has 0 radical (unpaired) electrons. The highest BCUT2D eigenvalue weighted by Crippen LogP contribution is 2.35. The highest BCUT2D eigenvalue weighted by atomic mass is 32.2. The van der Waals surface area contributed by atoms with Gasteiger partial charge < -0.3 is 48.5 Å². The van der Waals surface area contributed by atoms with Crippen LogP contribution in [0.1, 0.15) is 41.4 Å². The summed E-state index contributed by atoms with van der Waals surface area (Å²) < 4.78 is 42.6. The minimum Gasteiger partial charge on any atom is -0.459 e. The first-order valence-corrected chi connectivity index (χ1v) is 20.2. The number of thioether (sulfide) groups is 1. The number of carbonyl (C=O) groups excluding carboxylic acids is 4. The molecule has 5 aromatic carbocycles. The van der Waals surface area contributed by atoms with Crippen LogP contribution < -0.4 is 0 Å². The number of carbonyl (C=O) groups is 4. The molecule has 0 unspecified atom stereocenters. The van der Waals surface area contributed by atoms with Crippen molar-refractivity contribution in [3.05, 3.63) is 174 Å². The number of benzene rings is 5. The molecule has 316 valence electrons. The molecule has 2 heterocycles. The van der Waals surface area contributed by atoms with Crippen LogP contribution in [0.3, 0.4) is 0 Å². The van der Waals surface area contributed by atoms with Gasteiger partial charge in [0, 0.05) is 4.90 Å². The van der Waals surface area contributed by atoms with Crippen molar-refractivity contribution in [2.45, 2.75) is 65.5 Å². The molecule has 0 aromatic heterocycles. The highest BCUT2D eigenvalue weighted by molar-refractivity contribution is 7.99. The lowest BCUT2D eigenvalue weighted by molar-refractivity contribution is -0.309. The van der Waals surface area contributed by atoms with Gasteiger partial charge in [0.05, 0.1) is 28.9 Å². The van der Waals surface area contributed by atoms with Gasteiger partial charge in [-0.2, -0.15) is 0 Å². The van der Waals surface area contributed by atoms with Crippen molar-refractivity contribution >= 4 is 35.6 Å². The number of hydrogen-bond donors (Lipinski definition) is 3. The lowest BCUT2D eigenvalue weighted by Gasteiger charge is -2.45. The van der Waals surface area contributed by atoms with Gasteiger partial charge in [0.2, 0.25) is 0 Å². The average molecular weight is 851 g/mol. The molecule has 5 aromatic rings. The Balaban J connectivity index is 1.25. The zero-order valence-electron chi connectivity index (χ0n) is 32.4. The van der Waals surface area contributed by atoms with Gasteiger partial charge in [-0.15, -0.1) is 0 Å². The van der Waals surface area contributed by atoms with Crippen LogP contribution in [0.4, 0.5) is 0 Å². The van der Waals surface area contributed by atoms with E-state index >= 15 is 0 Å². The Hall–Kier alpha value is -5.91. The number of ether oxygens (including phenoxy) is 7. The van der Waals surface area contributed by atoms with Crippen LogP contribution in [0.15, 0.2) is 157 Å². The lowest BCUT2D eigenvalue weighted by atomic mass is 9.97. The molecule has 0 spiro atoms. The zero-order chi connectivity index (χ0) is 42.7. The number of esters is 4. The van der Waals surface area contributed by atoms with Crippen LogP contribution in [0, 0.1) is 0 Å². The van der Waals surface area contributed by atoms with E-state index in [1.54, 1.807) is 97.1 Å². The highest BCUT2D eigenvalue weighted by Gasteiger charge is 2.54. The summed E-state index contributed by atoms with van der Waals surface area (Å²) in [4.78, 5) is 55.5. The molecule has 14 nitrogen and oxygen atoms in total. The molecular formula is C46H42O14S. The van der Waals surface area contributed by atoms with E-state index in [1.165, 1.54) is 48.5 Å². The Morgan fingerprint density at radius 2 is 0.885 bits per heavy atom. The third-order valence-electron chi connectivity index (χ3n) is 9.83. The van der Waals surface area contributed by atoms with E-state index < -0.39 is 97.6 Å². The van der Waals surface area contributed by atoms with Crippen molar-refractivity contribution in [3.63, 3.8) is 0 Å². The largest absolute Gasteiger partial charge is 0.459 e. The van der Waals surface area contributed by atoms with Gasteiger partial charge >= 0.3 is 23.9 Å². The van der Waals surface area contributed by atoms with E-state index in [-0.39, 0.29) is 22.3 Å². The second-order valence-corrected chi connectivity index (χ2v) is 15.2. The first-order chi connectivity index (χ1) is 29.7. The van der Waals surface area contributed by atoms with E-state index in [2.05, 4.69) is 0 Å². The van der Waals surface area contributed by atoms with Crippen LogP contribution in [0.5, 0.6) is 0 Å². The molecule has 2 aliphatic heterocycles. The van der Waals surface area contributed by atoms with E-state index in [0.717, 1.165) is 11.8 Å². The van der Waals surface area contributed by atoms with Crippen molar-refractivity contribution in [2.24, 2.45) is 0 Å². The van der Waals surface area contributed by atoms with Gasteiger partial charge in [0.25, 0.3) is 0 Å². The molecule has 0 amide bonds. The fraction of sp³-hybridized carbons (Fsp3) is 0.261. The van der Waals surface area contributed by atoms with Crippen molar-refractivity contribution in [2.75, 3.05) is 13.2 Å². The Bertz CT molecular complexity index is 2200. The predicted octanol–water partition coefficient (Wildman–Crippen LogP) is 4.86. The first kappa shape index (κ1) is 43.2. The molecule has 61 heavy (non-hydrogen) atoms. The van der Waals surface area contributed by atoms with Gasteiger partial charge in [0.15, 0.2) is 24.6 Å². The molecule has 10 atom stereocenters. The number of hydrogen-bond acceptors (Lipinski definition) is 15. The van der Waals surface area contributed by atoms with Crippen molar-refractivity contribution in [3.8, 4) is 0 Å². The van der Waals surface area contributed by atoms with E-state index in [0.29, 0.717) is 4.90 Å². The second-order valence-electron chi connectivity index (χ2n) is 14.0. The monoisotopic (exact) mass is 850 g/mol. The summed E-state index contributed by atoms with van der Waals surface area (Å²) in [7, 11) is 0. The Morgan fingerprint density at radius 1 is 0.459 bits per heavy atom. The molecule has 0 saturated carbocycles. The van der Waals surface area contributed by atoms with Crippen LogP contribution >= 0.6 is 11.8 Å². The van der Waals surface area contributed by atoms with E-state index in [4.69, 9.17) is 33.2 Å². The summed E-state index contributed by atoms with van der Waals surface area (Å²) in [6.07, 6.45) is -14.2. The average Bonchev–Trinajstić information content (AvgIpc) is 3.31. The number of aliphatic hydroxyl groups excluding tert-OH is 3. The van der Waals surface area contributed by atoms with Crippen LogP contribution in [0.2, 0.25) is 0 Å². The SMILES string of the molecule is O=C(OC[C@H]1O[C@H](OC[C@H]2O[C@H](Sc3ccccc3)[C@@H](O)[C@@H](O)[C@@H]2O)[C@@H](OC(=O)c2ccccc2)[C@@H](OC(=O)c2ccccc2)[C@@H]1OC(=O)c1ccccc1)c1ccccc1. The third kappa shape index (κ3) is 10.9. The molecule has 2 fully saturated rings. The van der Waals surface area contributed by atoms with Gasteiger partial charge in [-0.1, -0.05) is 103 Å². The summed E-state index contributed by atoms with van der Waals surface area (Å²) in [5.74, 6) is -3.40. The fourth-order valence-corrected chi connectivity index (χ4v) is 7.72. The summed E-state index contributed by atoms with van der Waals surface area (Å²) in [5.41, 5.74) is -0.514. The van der Waals surface area contributed by atoms with Gasteiger partial charge in [0.1, 0.15) is 42.6 Å². The van der Waals surface area contributed by atoms with Gasteiger partial charge in [-0.05, 0) is 60.7 Å². The Morgan fingerprint density at radius 3 is 1.38 bits per heavy atom. The topological polar surface area (TPSA) is 194 Å². The zero-order valence-corrected chi connectivity index (χ0v) is 33.2. The molecular weight excluding hydrogens is 809 g/mol. The molecule has 0 bridgehead atoms. The van der Waals surface area contributed by atoms with Crippen molar-refractivity contribution in [1.82, 2.24) is 0 Å². The number of aliphatic hydroxyl groups is 3. The fourth-order valence-electron chi connectivity index (χ4n) is 6.64. The molecule has 2 saturated heterocycles. The predicted molar refractivity (Wildman–Crippen MR) is 217 cm³/mol. The molecule has 3 N–H and O–H groups in total. The molecule has 0 aliphatic carbocycles. The summed E-state index contributed by atoms with van der Waals surface area (Å²) in [6, 6.07) is 40.8. The minimum absolute atomic E-state index is 0.105. The quantitative estimate of drug-likeness (QED) is 0.101. The molecule has 15 heteroatoms. The van der Waals surface area contributed by atoms with Crippen LogP contribution in [-0.4, -0.2) is 113 Å². The Labute approximate surface area is 354 Å². The summed E-state index contributed by atoms with van der Waals surface area (Å²) in [5, 5.41) is 32.9. The van der Waals surface area contributed by atoms with Gasteiger partial charge in [-0.25, -0.2) is 19.2 Å². The van der Waals surface area contributed by atoms with Gasteiger partial charge in [-0.3, -0.25) is 0 Å². The normalized spacial score (nSPS) is 26.0. The molecule has 2 aliphatic rings. The summed E-state index contributed by atoms with van der Waals surface area (Å²) in [6.45, 7) is -1.12. The maximum atomic E-state index is 13.9. The van der Waals surface area contributed by atoms with E-state index in [1.807, 2.05) is 6.07 Å². The van der Waals surface area contributed by atoms with E-state index in [9.17, 15) is 34.5 Å². The molecule has 7 rings (SSSR count). The van der Waals surface area contributed by atoms with Crippen molar-refractivity contribution < 1.29 is 67.7 Å². The third-order valence-corrected chi connectivity index (χ3v) is 11.0. The van der Waals surface area contributed by atoms with Crippen LogP contribution in [0.25, 0.3) is 0 Å². The maximum Gasteiger partial charge on any atom is 0.338 e. The second kappa shape index (κ2) is 20.6.